The number of ether oxygens (including phenoxy) is 1. The molecular formula is C15H12BrClN2O3. The highest BCUT2D eigenvalue weighted by Gasteiger charge is 2.20. The van der Waals surface area contributed by atoms with Gasteiger partial charge in [0.05, 0.1) is 10.6 Å². The zero-order chi connectivity index (χ0) is 16.1. The predicted octanol–water partition coefficient (Wildman–Crippen LogP) is 3.68. The highest BCUT2D eigenvalue weighted by Crippen LogP contribution is 2.17. The number of benzene rings is 1. The van der Waals surface area contributed by atoms with Gasteiger partial charge in [0.2, 0.25) is 0 Å². The quantitative estimate of drug-likeness (QED) is 0.818. The topological polar surface area (TPSA) is 68.3 Å². The predicted molar refractivity (Wildman–Crippen MR) is 86.9 cm³/mol. The van der Waals surface area contributed by atoms with Gasteiger partial charge in [0.1, 0.15) is 5.82 Å². The number of carbonyl (C=O) groups excluding carboxylic acids is 2. The number of hydrogen-bond acceptors (Lipinski definition) is 4. The van der Waals surface area contributed by atoms with Crippen molar-refractivity contribution in [2.24, 2.45) is 0 Å². The Labute approximate surface area is 140 Å². The van der Waals surface area contributed by atoms with Gasteiger partial charge < -0.3 is 10.1 Å². The van der Waals surface area contributed by atoms with Crippen molar-refractivity contribution in [2.45, 2.75) is 13.0 Å². The van der Waals surface area contributed by atoms with E-state index in [1.54, 1.807) is 36.4 Å². The maximum atomic E-state index is 12.0. The Bertz CT molecular complexity index is 691. The summed E-state index contributed by atoms with van der Waals surface area (Å²) in [7, 11) is 0. The summed E-state index contributed by atoms with van der Waals surface area (Å²) in [6.07, 6.45) is 0.451. The van der Waals surface area contributed by atoms with E-state index in [0.29, 0.717) is 20.9 Å². The number of aromatic nitrogens is 1. The maximum Gasteiger partial charge on any atom is 0.340 e. The Morgan fingerprint density at radius 3 is 2.64 bits per heavy atom. The molecule has 1 amide bonds. The average molecular weight is 384 g/mol. The zero-order valence-corrected chi connectivity index (χ0v) is 13.9. The van der Waals surface area contributed by atoms with Gasteiger partial charge in [0.15, 0.2) is 6.10 Å². The summed E-state index contributed by atoms with van der Waals surface area (Å²) in [4.78, 5) is 27.9. The smallest absolute Gasteiger partial charge is 0.340 e. The molecule has 0 unspecified atom stereocenters. The summed E-state index contributed by atoms with van der Waals surface area (Å²) in [6, 6.07) is 9.98. The number of pyridine rings is 1. The second-order valence-electron chi connectivity index (χ2n) is 4.38. The summed E-state index contributed by atoms with van der Waals surface area (Å²) in [6.45, 7) is 1.49. The summed E-state index contributed by atoms with van der Waals surface area (Å²) in [5.41, 5.74) is 0.353. The molecule has 1 N–H and O–H groups in total. The van der Waals surface area contributed by atoms with Gasteiger partial charge in [-0.05, 0) is 47.1 Å². The molecule has 1 heterocycles. The number of amides is 1. The van der Waals surface area contributed by atoms with Crippen molar-refractivity contribution in [3.8, 4) is 0 Å². The first-order valence-electron chi connectivity index (χ1n) is 6.35. The SMILES string of the molecule is C[C@H](OC(=O)c1ccccc1Br)C(=O)Nc1ccc(Cl)cn1. The molecule has 5 nitrogen and oxygen atoms in total. The van der Waals surface area contributed by atoms with E-state index in [0.717, 1.165) is 0 Å². The minimum Gasteiger partial charge on any atom is -0.449 e. The zero-order valence-electron chi connectivity index (χ0n) is 11.5. The van der Waals surface area contributed by atoms with E-state index in [1.165, 1.54) is 13.1 Å². The van der Waals surface area contributed by atoms with E-state index in [4.69, 9.17) is 16.3 Å². The van der Waals surface area contributed by atoms with Crippen LogP contribution in [0.2, 0.25) is 5.02 Å². The Hall–Kier alpha value is -1.92. The van der Waals surface area contributed by atoms with Crippen LogP contribution in [0.15, 0.2) is 47.1 Å². The highest BCUT2D eigenvalue weighted by molar-refractivity contribution is 9.10. The van der Waals surface area contributed by atoms with Crippen LogP contribution in [-0.2, 0) is 9.53 Å². The lowest BCUT2D eigenvalue weighted by atomic mass is 10.2. The molecule has 0 aliphatic carbocycles. The van der Waals surface area contributed by atoms with Crippen LogP contribution < -0.4 is 5.32 Å². The average Bonchev–Trinajstić information content (AvgIpc) is 2.49. The molecule has 22 heavy (non-hydrogen) atoms. The van der Waals surface area contributed by atoms with E-state index in [-0.39, 0.29) is 0 Å². The number of esters is 1. The van der Waals surface area contributed by atoms with Gasteiger partial charge in [0, 0.05) is 10.7 Å². The van der Waals surface area contributed by atoms with Crippen molar-refractivity contribution in [3.63, 3.8) is 0 Å². The molecule has 0 bridgehead atoms. The van der Waals surface area contributed by atoms with Gasteiger partial charge >= 0.3 is 5.97 Å². The molecule has 1 atom stereocenters. The first kappa shape index (κ1) is 16.5. The highest BCUT2D eigenvalue weighted by atomic mass is 79.9. The molecule has 0 aliphatic heterocycles. The van der Waals surface area contributed by atoms with E-state index in [1.807, 2.05) is 0 Å². The number of rotatable bonds is 4. The molecule has 0 saturated carbocycles. The van der Waals surface area contributed by atoms with Crippen LogP contribution in [0.5, 0.6) is 0 Å². The number of nitrogens with zero attached hydrogens (tertiary/aromatic N) is 1. The van der Waals surface area contributed by atoms with Gasteiger partial charge in [-0.1, -0.05) is 23.7 Å². The van der Waals surface area contributed by atoms with Crippen molar-refractivity contribution in [1.29, 1.82) is 0 Å². The monoisotopic (exact) mass is 382 g/mol. The van der Waals surface area contributed by atoms with Crippen LogP contribution in [0.3, 0.4) is 0 Å². The van der Waals surface area contributed by atoms with Crippen molar-refractivity contribution in [1.82, 2.24) is 4.98 Å². The van der Waals surface area contributed by atoms with Crippen LogP contribution >= 0.6 is 27.5 Å². The minimum atomic E-state index is -0.961. The third-order valence-electron chi connectivity index (χ3n) is 2.73. The Morgan fingerprint density at radius 1 is 1.27 bits per heavy atom. The summed E-state index contributed by atoms with van der Waals surface area (Å²) in [5.74, 6) is -0.729. The number of hydrogen-bond donors (Lipinski definition) is 1. The lowest BCUT2D eigenvalue weighted by Crippen LogP contribution is -2.30. The van der Waals surface area contributed by atoms with Crippen molar-refractivity contribution < 1.29 is 14.3 Å². The second kappa shape index (κ2) is 7.38. The fraction of sp³-hybridized carbons (Fsp3) is 0.133. The molecule has 0 fully saturated rings. The van der Waals surface area contributed by atoms with Crippen LogP contribution in [0.25, 0.3) is 0 Å². The molecule has 1 aromatic heterocycles. The van der Waals surface area contributed by atoms with E-state index in [9.17, 15) is 9.59 Å². The van der Waals surface area contributed by atoms with Crippen molar-refractivity contribution in [2.75, 3.05) is 5.32 Å². The van der Waals surface area contributed by atoms with Crippen LogP contribution in [0.4, 0.5) is 5.82 Å². The Balaban J connectivity index is 1.98. The standard InChI is InChI=1S/C15H12BrClN2O3/c1-9(14(20)19-13-7-6-10(17)8-18-13)22-15(21)11-4-2-3-5-12(11)16/h2-9H,1H3,(H,18,19,20)/t9-/m0/s1. The van der Waals surface area contributed by atoms with Crippen LogP contribution in [0.1, 0.15) is 17.3 Å². The first-order valence-corrected chi connectivity index (χ1v) is 7.52. The molecule has 2 aromatic rings. The van der Waals surface area contributed by atoms with Gasteiger partial charge in [-0.15, -0.1) is 0 Å². The number of anilines is 1. The van der Waals surface area contributed by atoms with Gasteiger partial charge in [-0.3, -0.25) is 4.79 Å². The van der Waals surface area contributed by atoms with E-state index < -0.39 is 18.0 Å². The Morgan fingerprint density at radius 2 is 2.00 bits per heavy atom. The van der Waals surface area contributed by atoms with Crippen molar-refractivity contribution >= 4 is 45.2 Å². The third-order valence-corrected chi connectivity index (χ3v) is 3.64. The normalized spacial score (nSPS) is 11.6. The van der Waals surface area contributed by atoms with E-state index in [2.05, 4.69) is 26.2 Å². The molecular weight excluding hydrogens is 372 g/mol. The molecule has 0 radical (unpaired) electrons. The fourth-order valence-corrected chi connectivity index (χ4v) is 2.14. The maximum absolute atomic E-state index is 12.0. The molecule has 0 saturated heterocycles. The number of halogens is 2. The number of nitrogens with one attached hydrogen (secondary N) is 1. The molecule has 0 spiro atoms. The van der Waals surface area contributed by atoms with Gasteiger partial charge in [0.25, 0.3) is 5.91 Å². The molecule has 1 aromatic carbocycles. The lowest BCUT2D eigenvalue weighted by Gasteiger charge is -2.13. The number of carbonyl (C=O) groups is 2. The summed E-state index contributed by atoms with van der Waals surface area (Å²) < 4.78 is 5.74. The minimum absolute atomic E-state index is 0.332. The molecule has 114 valence electrons. The van der Waals surface area contributed by atoms with Crippen LogP contribution in [0, 0.1) is 0 Å². The van der Waals surface area contributed by atoms with Gasteiger partial charge in [-0.25, -0.2) is 9.78 Å². The first-order chi connectivity index (χ1) is 10.5. The van der Waals surface area contributed by atoms with Crippen molar-refractivity contribution in [3.05, 3.63) is 57.7 Å². The Kier molecular flexibility index (Phi) is 5.51. The summed E-state index contributed by atoms with van der Waals surface area (Å²) >= 11 is 8.97. The fourth-order valence-electron chi connectivity index (χ4n) is 1.58. The lowest BCUT2D eigenvalue weighted by molar-refractivity contribution is -0.123. The largest absolute Gasteiger partial charge is 0.449 e. The summed E-state index contributed by atoms with van der Waals surface area (Å²) in [5, 5.41) is 3.01. The molecule has 2 rings (SSSR count). The molecule has 0 aliphatic rings. The second-order valence-corrected chi connectivity index (χ2v) is 5.67. The third kappa shape index (κ3) is 4.29. The van der Waals surface area contributed by atoms with Crippen LogP contribution in [-0.4, -0.2) is 23.0 Å². The van der Waals surface area contributed by atoms with Gasteiger partial charge in [-0.2, -0.15) is 0 Å². The molecule has 7 heteroatoms. The van der Waals surface area contributed by atoms with E-state index >= 15 is 0 Å².